The summed E-state index contributed by atoms with van der Waals surface area (Å²) in [4.78, 5) is 18.7. The number of aliphatic hydroxyl groups is 1. The maximum Gasteiger partial charge on any atom is 0.237 e. The van der Waals surface area contributed by atoms with Crippen molar-refractivity contribution in [3.8, 4) is 5.75 Å². The maximum atomic E-state index is 13.6. The van der Waals surface area contributed by atoms with Crippen LogP contribution in [0.1, 0.15) is 27.6 Å². The number of carbonyl (C=O) groups is 1. The highest BCUT2D eigenvalue weighted by Crippen LogP contribution is 2.34. The van der Waals surface area contributed by atoms with Crippen LogP contribution in [0.25, 0.3) is 0 Å². The Kier molecular flexibility index (Phi) is 9.91. The van der Waals surface area contributed by atoms with Gasteiger partial charge in [-0.2, -0.15) is 0 Å². The van der Waals surface area contributed by atoms with Crippen LogP contribution in [-0.4, -0.2) is 66.3 Å². The molecule has 6 nitrogen and oxygen atoms in total. The predicted octanol–water partition coefficient (Wildman–Crippen LogP) is 4.63. The Morgan fingerprint density at radius 3 is 2.86 bits per heavy atom. The van der Waals surface area contributed by atoms with Gasteiger partial charge in [-0.15, -0.1) is 17.9 Å². The predicted molar refractivity (Wildman–Crippen MR) is 148 cm³/mol. The van der Waals surface area contributed by atoms with Gasteiger partial charge in [0.1, 0.15) is 12.4 Å². The molecule has 0 saturated carbocycles. The molecule has 0 radical (unpaired) electrons. The van der Waals surface area contributed by atoms with E-state index in [1.54, 1.807) is 17.4 Å². The summed E-state index contributed by atoms with van der Waals surface area (Å²) in [6.45, 7) is 8.60. The average Bonchev–Trinajstić information content (AvgIpc) is 3.37. The molecule has 196 valence electrons. The lowest BCUT2D eigenvalue weighted by molar-refractivity contribution is -0.136. The molecule has 2 aromatic carbocycles. The smallest absolute Gasteiger partial charge is 0.237 e. The van der Waals surface area contributed by atoms with E-state index in [-0.39, 0.29) is 25.1 Å². The van der Waals surface area contributed by atoms with Crippen LogP contribution in [0.4, 0.5) is 0 Å². The number of nitrogens with zero attached hydrogens (tertiary/aromatic N) is 2. The number of aliphatic hydroxyl groups excluding tert-OH is 1. The van der Waals surface area contributed by atoms with Crippen molar-refractivity contribution in [3.05, 3.63) is 100 Å². The van der Waals surface area contributed by atoms with E-state index in [0.29, 0.717) is 32.8 Å². The second-order valence-electron chi connectivity index (χ2n) is 9.42. The fourth-order valence-electron chi connectivity index (χ4n) is 4.66. The summed E-state index contributed by atoms with van der Waals surface area (Å²) in [6.07, 6.45) is 1.90. The minimum atomic E-state index is -0.707. The lowest BCUT2D eigenvalue weighted by Crippen LogP contribution is -2.48. The molecule has 0 spiro atoms. The molecule has 2 heterocycles. The molecule has 7 heteroatoms. The second kappa shape index (κ2) is 13.5. The fraction of sp³-hybridized carbons (Fsp3) is 0.367. The van der Waals surface area contributed by atoms with Gasteiger partial charge in [0.25, 0.3) is 0 Å². The summed E-state index contributed by atoms with van der Waals surface area (Å²) in [7, 11) is 0. The van der Waals surface area contributed by atoms with Crippen LogP contribution in [-0.2, 0) is 22.6 Å². The molecular formula is C30H36N2O4S. The average molecular weight is 521 g/mol. The van der Waals surface area contributed by atoms with E-state index in [4.69, 9.17) is 9.47 Å². The van der Waals surface area contributed by atoms with Gasteiger partial charge in [0.05, 0.1) is 31.9 Å². The summed E-state index contributed by atoms with van der Waals surface area (Å²) in [5.41, 5.74) is 3.36. The molecule has 0 unspecified atom stereocenters. The lowest BCUT2D eigenvalue weighted by Gasteiger charge is -2.37. The molecule has 1 aromatic heterocycles. The first kappa shape index (κ1) is 27.1. The number of hydrogen-bond acceptors (Lipinski definition) is 6. The Morgan fingerprint density at radius 1 is 1.24 bits per heavy atom. The number of carbonyl (C=O) groups excluding carboxylic acids is 1. The topological polar surface area (TPSA) is 62.2 Å². The molecule has 1 aliphatic heterocycles. The lowest BCUT2D eigenvalue weighted by atomic mass is 10.0. The number of hydrogen-bond donors (Lipinski definition) is 1. The summed E-state index contributed by atoms with van der Waals surface area (Å²) < 4.78 is 11.9. The number of fused-ring (bicyclic) bond motifs is 1. The largest absolute Gasteiger partial charge is 0.491 e. The molecule has 1 amide bonds. The van der Waals surface area contributed by atoms with E-state index in [1.165, 1.54) is 10.4 Å². The van der Waals surface area contributed by atoms with Crippen LogP contribution >= 0.6 is 11.3 Å². The monoisotopic (exact) mass is 520 g/mol. The number of thiophene rings is 1. The first-order valence-electron chi connectivity index (χ1n) is 12.7. The Hall–Kier alpha value is -2.97. The van der Waals surface area contributed by atoms with Gasteiger partial charge in [0.2, 0.25) is 5.91 Å². The van der Waals surface area contributed by atoms with Crippen LogP contribution < -0.4 is 4.74 Å². The molecule has 1 N–H and O–H groups in total. The minimum Gasteiger partial charge on any atom is -0.491 e. The van der Waals surface area contributed by atoms with Gasteiger partial charge in [-0.25, -0.2) is 0 Å². The van der Waals surface area contributed by atoms with Crippen molar-refractivity contribution < 1.29 is 19.4 Å². The third-order valence-corrected chi connectivity index (χ3v) is 7.45. The fourth-order valence-corrected chi connectivity index (χ4v) is 5.59. The third-order valence-electron chi connectivity index (χ3n) is 6.45. The Labute approximate surface area is 223 Å². The summed E-state index contributed by atoms with van der Waals surface area (Å²) >= 11 is 1.74. The molecule has 0 bridgehead atoms. The number of benzene rings is 2. The number of rotatable bonds is 13. The number of aryl methyl sites for hydroxylation is 1. The molecule has 37 heavy (non-hydrogen) atoms. The first-order chi connectivity index (χ1) is 18.0. The van der Waals surface area contributed by atoms with Gasteiger partial charge in [0.15, 0.2) is 0 Å². The van der Waals surface area contributed by atoms with Gasteiger partial charge < -0.3 is 19.5 Å². The van der Waals surface area contributed by atoms with Crippen molar-refractivity contribution >= 4 is 17.2 Å². The molecule has 2 atom stereocenters. The van der Waals surface area contributed by atoms with Crippen LogP contribution in [0.15, 0.2) is 78.7 Å². The Morgan fingerprint density at radius 2 is 2.08 bits per heavy atom. The van der Waals surface area contributed by atoms with Crippen LogP contribution in [0.5, 0.6) is 5.75 Å². The van der Waals surface area contributed by atoms with Gasteiger partial charge in [-0.3, -0.25) is 9.69 Å². The van der Waals surface area contributed by atoms with Gasteiger partial charge in [-0.1, -0.05) is 48.5 Å². The van der Waals surface area contributed by atoms with E-state index in [2.05, 4.69) is 18.0 Å². The summed E-state index contributed by atoms with van der Waals surface area (Å²) in [5.74, 6) is 0.829. The van der Waals surface area contributed by atoms with E-state index in [0.717, 1.165) is 23.3 Å². The number of ether oxygens (including phenoxy) is 2. The van der Waals surface area contributed by atoms with Crippen LogP contribution in [0.2, 0.25) is 0 Å². The standard InChI is InChI=1S/C30H36N2O4S/c1-3-14-31(18-25(33)21-35-20-24-9-5-4-6-10-24)19-30(34)32-15-12-29-27(13-16-37-29)28(32)22-36-26-11-7-8-23(2)17-26/h3-11,13,16-17,25,28,33H,1,12,14-15,18-22H2,2H3/t25-,28+/m0/s1. The molecule has 0 saturated heterocycles. The zero-order chi connectivity index (χ0) is 26.0. The minimum absolute atomic E-state index is 0.0222. The maximum absolute atomic E-state index is 13.6. The molecule has 0 fully saturated rings. The highest BCUT2D eigenvalue weighted by atomic mass is 32.1. The van der Waals surface area contributed by atoms with Gasteiger partial charge in [0, 0.05) is 24.5 Å². The van der Waals surface area contributed by atoms with E-state index in [9.17, 15) is 9.90 Å². The van der Waals surface area contributed by atoms with Crippen molar-refractivity contribution in [2.75, 3.05) is 39.4 Å². The Bertz CT molecular complexity index is 1150. The highest BCUT2D eigenvalue weighted by Gasteiger charge is 2.33. The normalized spacial score (nSPS) is 15.9. The van der Waals surface area contributed by atoms with Crippen LogP contribution in [0, 0.1) is 6.92 Å². The first-order valence-corrected chi connectivity index (χ1v) is 13.6. The quantitative estimate of drug-likeness (QED) is 0.333. The van der Waals surface area contributed by atoms with Crippen molar-refractivity contribution in [1.29, 1.82) is 0 Å². The second-order valence-corrected chi connectivity index (χ2v) is 10.4. The third kappa shape index (κ3) is 7.76. The zero-order valence-corrected chi connectivity index (χ0v) is 22.2. The van der Waals surface area contributed by atoms with Crippen molar-refractivity contribution in [2.45, 2.75) is 32.1 Å². The van der Waals surface area contributed by atoms with E-state index >= 15 is 0 Å². The summed E-state index contributed by atoms with van der Waals surface area (Å²) in [5, 5.41) is 12.7. The van der Waals surface area contributed by atoms with Crippen molar-refractivity contribution in [1.82, 2.24) is 9.80 Å². The summed E-state index contributed by atoms with van der Waals surface area (Å²) in [6, 6.07) is 19.8. The molecule has 0 aliphatic carbocycles. The molecule has 4 rings (SSSR count). The molecule has 1 aliphatic rings. The zero-order valence-electron chi connectivity index (χ0n) is 21.4. The van der Waals surface area contributed by atoms with Gasteiger partial charge in [-0.05, 0) is 53.6 Å². The van der Waals surface area contributed by atoms with Crippen LogP contribution in [0.3, 0.4) is 0 Å². The molecule has 3 aromatic rings. The Balaban J connectivity index is 1.36. The van der Waals surface area contributed by atoms with E-state index in [1.807, 2.05) is 71.3 Å². The van der Waals surface area contributed by atoms with Gasteiger partial charge >= 0.3 is 0 Å². The van der Waals surface area contributed by atoms with Crippen molar-refractivity contribution in [2.24, 2.45) is 0 Å². The molecular weight excluding hydrogens is 484 g/mol. The number of amides is 1. The SMILES string of the molecule is C=CCN(CC(=O)N1CCc2sccc2[C@H]1COc1cccc(C)c1)C[C@H](O)COCc1ccccc1. The van der Waals surface area contributed by atoms with E-state index < -0.39 is 6.10 Å². The highest BCUT2D eigenvalue weighted by molar-refractivity contribution is 7.10. The van der Waals surface area contributed by atoms with Crippen molar-refractivity contribution in [3.63, 3.8) is 0 Å².